The van der Waals surface area contributed by atoms with Gasteiger partial charge >= 0.3 is 0 Å². The van der Waals surface area contributed by atoms with Crippen molar-refractivity contribution < 1.29 is 22.7 Å². The predicted octanol–water partition coefficient (Wildman–Crippen LogP) is 2.55. The van der Waals surface area contributed by atoms with Crippen LogP contribution in [0.4, 0.5) is 0 Å². The summed E-state index contributed by atoms with van der Waals surface area (Å²) in [5, 5.41) is 2.85. The molecule has 2 N–H and O–H groups in total. The fraction of sp³-hybridized carbons (Fsp3) is 0.632. The minimum Gasteiger partial charge on any atom is -0.486 e. The number of ether oxygens (including phenoxy) is 2. The van der Waals surface area contributed by atoms with Gasteiger partial charge in [-0.25, -0.2) is 8.42 Å². The van der Waals surface area contributed by atoms with Crippen molar-refractivity contribution in [2.24, 2.45) is 0 Å². The van der Waals surface area contributed by atoms with Crippen LogP contribution in [0.5, 0.6) is 11.5 Å². The quantitative estimate of drug-likeness (QED) is 0.495. The van der Waals surface area contributed by atoms with E-state index in [4.69, 9.17) is 9.47 Å². The Kier molecular flexibility index (Phi) is 9.40. The van der Waals surface area contributed by atoms with E-state index in [2.05, 4.69) is 17.0 Å². The highest BCUT2D eigenvalue weighted by atomic mass is 32.2. The van der Waals surface area contributed by atoms with Crippen LogP contribution in [0, 0.1) is 0 Å². The first-order valence-corrected chi connectivity index (χ1v) is 12.5. The Bertz CT molecular complexity index is 740. The zero-order valence-electron chi connectivity index (χ0n) is 16.5. The van der Waals surface area contributed by atoms with E-state index in [1.54, 1.807) is 17.8 Å². The minimum atomic E-state index is -3.86. The number of carbonyl (C=O) groups is 1. The van der Waals surface area contributed by atoms with Crippen LogP contribution in [-0.4, -0.2) is 52.1 Å². The van der Waals surface area contributed by atoms with Gasteiger partial charge < -0.3 is 14.8 Å². The first-order chi connectivity index (χ1) is 13.5. The molecule has 0 fully saturated rings. The lowest BCUT2D eigenvalue weighted by atomic mass is 10.2. The van der Waals surface area contributed by atoms with Crippen molar-refractivity contribution in [1.82, 2.24) is 10.0 Å². The van der Waals surface area contributed by atoms with Gasteiger partial charge in [0, 0.05) is 12.6 Å². The van der Waals surface area contributed by atoms with Gasteiger partial charge in [-0.1, -0.05) is 26.2 Å². The second kappa shape index (κ2) is 11.5. The second-order valence-electron chi connectivity index (χ2n) is 6.61. The maximum atomic E-state index is 12.8. The first kappa shape index (κ1) is 22.8. The Morgan fingerprint density at radius 3 is 2.64 bits per heavy atom. The third-order valence-corrected chi connectivity index (χ3v) is 6.49. The number of benzene rings is 1. The molecule has 0 aromatic heterocycles. The Morgan fingerprint density at radius 1 is 1.18 bits per heavy atom. The van der Waals surface area contributed by atoms with Crippen LogP contribution in [0.3, 0.4) is 0 Å². The first-order valence-electron chi connectivity index (χ1n) is 9.66. The summed E-state index contributed by atoms with van der Waals surface area (Å²) in [4.78, 5) is 12.6. The summed E-state index contributed by atoms with van der Waals surface area (Å²) in [7, 11) is -3.86. The van der Waals surface area contributed by atoms with Crippen molar-refractivity contribution in [3.63, 3.8) is 0 Å². The highest BCUT2D eigenvalue weighted by molar-refractivity contribution is 7.98. The van der Waals surface area contributed by atoms with Crippen LogP contribution in [0.25, 0.3) is 0 Å². The summed E-state index contributed by atoms with van der Waals surface area (Å²) in [5.41, 5.74) is 0. The second-order valence-corrected chi connectivity index (χ2v) is 9.31. The molecule has 1 aliphatic heterocycles. The van der Waals surface area contributed by atoms with Crippen molar-refractivity contribution in [1.29, 1.82) is 0 Å². The molecular weight excluding hydrogens is 400 g/mol. The molecule has 0 saturated heterocycles. The molecule has 7 nitrogen and oxygen atoms in total. The van der Waals surface area contributed by atoms with E-state index in [-0.39, 0.29) is 10.8 Å². The van der Waals surface area contributed by atoms with Crippen molar-refractivity contribution in [3.8, 4) is 11.5 Å². The van der Waals surface area contributed by atoms with Crippen LogP contribution >= 0.6 is 11.8 Å². The number of hydrogen-bond donors (Lipinski definition) is 2. The van der Waals surface area contributed by atoms with Gasteiger partial charge in [-0.2, -0.15) is 16.5 Å². The molecule has 0 spiro atoms. The minimum absolute atomic E-state index is 0.0571. The number of fused-ring (bicyclic) bond motifs is 1. The Labute approximate surface area is 172 Å². The van der Waals surface area contributed by atoms with Crippen LogP contribution in [0.2, 0.25) is 0 Å². The normalized spacial score (nSPS) is 14.5. The standard InChI is InChI=1S/C19H30N2O5S2/c1-3-4-5-6-10-20-19(22)16(9-13-27-2)21-28(23,24)15-7-8-17-18(14-15)26-12-11-25-17/h7-8,14,16,21H,3-6,9-13H2,1-2H3,(H,20,22). The largest absolute Gasteiger partial charge is 0.486 e. The Morgan fingerprint density at radius 2 is 1.93 bits per heavy atom. The summed E-state index contributed by atoms with van der Waals surface area (Å²) in [6, 6.07) is 3.67. The zero-order chi connectivity index (χ0) is 20.4. The van der Waals surface area contributed by atoms with Gasteiger partial charge in [0.25, 0.3) is 0 Å². The molecule has 1 aromatic carbocycles. The fourth-order valence-corrected chi connectivity index (χ4v) is 4.53. The molecule has 0 saturated carbocycles. The van der Waals surface area contributed by atoms with Gasteiger partial charge in [-0.3, -0.25) is 4.79 Å². The molecule has 158 valence electrons. The van der Waals surface area contributed by atoms with Gasteiger partial charge in [-0.15, -0.1) is 0 Å². The summed E-state index contributed by atoms with van der Waals surface area (Å²) in [5.74, 6) is 1.31. The van der Waals surface area contributed by atoms with Gasteiger partial charge in [0.05, 0.1) is 4.90 Å². The molecule has 0 radical (unpaired) electrons. The average Bonchev–Trinajstić information content (AvgIpc) is 2.70. The lowest BCUT2D eigenvalue weighted by Crippen LogP contribution is -2.47. The molecule has 0 aliphatic carbocycles. The Hall–Kier alpha value is -1.45. The van der Waals surface area contributed by atoms with Gasteiger partial charge in [-0.05, 0) is 37.0 Å². The highest BCUT2D eigenvalue weighted by Gasteiger charge is 2.26. The van der Waals surface area contributed by atoms with E-state index in [9.17, 15) is 13.2 Å². The lowest BCUT2D eigenvalue weighted by Gasteiger charge is -2.21. The third-order valence-electron chi connectivity index (χ3n) is 4.38. The van der Waals surface area contributed by atoms with Crippen LogP contribution < -0.4 is 19.5 Å². The van der Waals surface area contributed by atoms with Crippen molar-refractivity contribution in [3.05, 3.63) is 18.2 Å². The van der Waals surface area contributed by atoms with Crippen LogP contribution in [-0.2, 0) is 14.8 Å². The molecule has 28 heavy (non-hydrogen) atoms. The number of carbonyl (C=O) groups excluding carboxylic acids is 1. The summed E-state index contributed by atoms with van der Waals surface area (Å²) >= 11 is 1.57. The molecule has 1 heterocycles. The fourth-order valence-electron chi connectivity index (χ4n) is 2.81. The topological polar surface area (TPSA) is 93.7 Å². The molecular formula is C19H30N2O5S2. The molecule has 1 amide bonds. The third kappa shape index (κ3) is 6.86. The molecule has 2 rings (SSSR count). The number of unbranched alkanes of at least 4 members (excludes halogenated alkanes) is 3. The van der Waals surface area contributed by atoms with Gasteiger partial charge in [0.15, 0.2) is 11.5 Å². The SMILES string of the molecule is CCCCCCNC(=O)C(CCSC)NS(=O)(=O)c1ccc2c(c1)OCCO2. The molecule has 1 atom stereocenters. The number of hydrogen-bond acceptors (Lipinski definition) is 6. The molecule has 1 aliphatic rings. The number of nitrogens with one attached hydrogen (secondary N) is 2. The predicted molar refractivity (Wildman–Crippen MR) is 112 cm³/mol. The highest BCUT2D eigenvalue weighted by Crippen LogP contribution is 2.32. The molecule has 0 bridgehead atoms. The average molecular weight is 431 g/mol. The summed E-state index contributed by atoms with van der Waals surface area (Å²) < 4.78 is 39.1. The van der Waals surface area contributed by atoms with Gasteiger partial charge in [0.2, 0.25) is 15.9 Å². The summed E-state index contributed by atoms with van der Waals surface area (Å²) in [6.45, 7) is 3.50. The van der Waals surface area contributed by atoms with E-state index >= 15 is 0 Å². The number of rotatable bonds is 12. The van der Waals surface area contributed by atoms with Crippen LogP contribution in [0.15, 0.2) is 23.1 Å². The van der Waals surface area contributed by atoms with Crippen molar-refractivity contribution in [2.75, 3.05) is 31.8 Å². The van der Waals surface area contributed by atoms with Crippen LogP contribution in [0.1, 0.15) is 39.0 Å². The van der Waals surface area contributed by atoms with E-state index in [0.29, 0.717) is 43.4 Å². The van der Waals surface area contributed by atoms with Gasteiger partial charge in [0.1, 0.15) is 19.3 Å². The lowest BCUT2D eigenvalue weighted by molar-refractivity contribution is -0.122. The van der Waals surface area contributed by atoms with E-state index < -0.39 is 16.1 Å². The van der Waals surface area contributed by atoms with Crippen molar-refractivity contribution >= 4 is 27.7 Å². The number of thioether (sulfide) groups is 1. The molecule has 1 aromatic rings. The molecule has 9 heteroatoms. The molecule has 1 unspecified atom stereocenters. The van der Waals surface area contributed by atoms with E-state index in [1.807, 2.05) is 6.26 Å². The van der Waals surface area contributed by atoms with Crippen molar-refractivity contribution in [2.45, 2.75) is 50.0 Å². The van der Waals surface area contributed by atoms with E-state index in [0.717, 1.165) is 25.7 Å². The Balaban J connectivity index is 2.03. The van der Waals surface area contributed by atoms with E-state index in [1.165, 1.54) is 12.1 Å². The maximum Gasteiger partial charge on any atom is 0.241 e. The number of sulfonamides is 1. The monoisotopic (exact) mass is 430 g/mol. The zero-order valence-corrected chi connectivity index (χ0v) is 18.2. The maximum absolute atomic E-state index is 12.8. The number of amides is 1. The smallest absolute Gasteiger partial charge is 0.241 e. The summed E-state index contributed by atoms with van der Waals surface area (Å²) in [6.07, 6.45) is 6.54.